The van der Waals surface area contributed by atoms with Gasteiger partial charge in [-0.25, -0.2) is 0 Å². The molecular weight excluding hydrogens is 302 g/mol. The van der Waals surface area contributed by atoms with Gasteiger partial charge in [-0.15, -0.1) is 0 Å². The Morgan fingerprint density at radius 1 is 1.44 bits per heavy atom. The van der Waals surface area contributed by atoms with Crippen molar-refractivity contribution in [3.8, 4) is 5.75 Å². The molecule has 1 aromatic carbocycles. The van der Waals surface area contributed by atoms with Crippen LogP contribution >= 0.6 is 15.9 Å². The summed E-state index contributed by atoms with van der Waals surface area (Å²) in [6.07, 6.45) is 0.933. The number of ether oxygens (including phenoxy) is 2. The molecule has 0 spiro atoms. The van der Waals surface area contributed by atoms with Crippen molar-refractivity contribution in [3.05, 3.63) is 34.4 Å². The first kappa shape index (κ1) is 13.3. The molecule has 2 rings (SSSR count). The van der Waals surface area contributed by atoms with Gasteiger partial charge in [-0.3, -0.25) is 10.1 Å². The number of benzene rings is 1. The van der Waals surface area contributed by atoms with Crippen molar-refractivity contribution in [2.75, 3.05) is 6.61 Å². The molecule has 0 radical (unpaired) electrons. The van der Waals surface area contributed by atoms with E-state index in [1.165, 1.54) is 12.1 Å². The van der Waals surface area contributed by atoms with Crippen LogP contribution in [0.15, 0.2) is 24.3 Å². The van der Waals surface area contributed by atoms with Crippen LogP contribution in [0, 0.1) is 10.1 Å². The lowest BCUT2D eigenvalue weighted by molar-refractivity contribution is -0.384. The van der Waals surface area contributed by atoms with Crippen molar-refractivity contribution in [2.24, 2.45) is 0 Å². The fraction of sp³-hybridized carbons (Fsp3) is 0.500. The van der Waals surface area contributed by atoms with Gasteiger partial charge in [-0.05, 0) is 19.1 Å². The summed E-state index contributed by atoms with van der Waals surface area (Å²) in [5, 5.41) is 10.5. The minimum Gasteiger partial charge on any atom is -0.488 e. The normalized spacial score (nSPS) is 26.4. The highest BCUT2D eigenvalue weighted by Gasteiger charge is 2.42. The van der Waals surface area contributed by atoms with Crippen LogP contribution in [-0.4, -0.2) is 28.6 Å². The largest absolute Gasteiger partial charge is 0.488 e. The third kappa shape index (κ3) is 2.81. The van der Waals surface area contributed by atoms with Crippen molar-refractivity contribution >= 4 is 21.6 Å². The Balaban J connectivity index is 1.95. The van der Waals surface area contributed by atoms with E-state index in [0.29, 0.717) is 17.2 Å². The number of non-ortho nitro benzene ring substituents is 1. The van der Waals surface area contributed by atoms with Gasteiger partial charge in [0.25, 0.3) is 5.69 Å². The fourth-order valence-corrected chi connectivity index (χ4v) is 2.73. The predicted molar refractivity (Wildman–Crippen MR) is 70.3 cm³/mol. The van der Waals surface area contributed by atoms with E-state index in [1.54, 1.807) is 12.1 Å². The number of rotatable bonds is 5. The molecule has 98 valence electrons. The Hall–Kier alpha value is -1.14. The number of halogens is 1. The Morgan fingerprint density at radius 2 is 2.11 bits per heavy atom. The van der Waals surface area contributed by atoms with E-state index in [-0.39, 0.29) is 17.9 Å². The summed E-state index contributed by atoms with van der Waals surface area (Å²) < 4.78 is 11.3. The van der Waals surface area contributed by atoms with Gasteiger partial charge in [0.15, 0.2) is 0 Å². The standard InChI is InChI=1S/C12H14BrNO4/c1-2-17-12-10(13)7-11(12)18-9-5-3-8(4-6-9)14(15)16/h3-6,10-12H,2,7H2,1H3. The SMILES string of the molecule is CCOC1C(Br)CC1Oc1ccc([N+](=O)[O-])cc1. The van der Waals surface area contributed by atoms with Gasteiger partial charge in [-0.2, -0.15) is 0 Å². The molecule has 0 aliphatic heterocycles. The average Bonchev–Trinajstić information content (AvgIpc) is 2.36. The van der Waals surface area contributed by atoms with Gasteiger partial charge >= 0.3 is 0 Å². The lowest BCUT2D eigenvalue weighted by Gasteiger charge is -2.40. The smallest absolute Gasteiger partial charge is 0.269 e. The summed E-state index contributed by atoms with van der Waals surface area (Å²) >= 11 is 3.52. The van der Waals surface area contributed by atoms with Crippen LogP contribution in [0.1, 0.15) is 13.3 Å². The van der Waals surface area contributed by atoms with Crippen molar-refractivity contribution in [1.29, 1.82) is 0 Å². The molecule has 6 heteroatoms. The van der Waals surface area contributed by atoms with Crippen LogP contribution in [0.2, 0.25) is 0 Å². The molecular formula is C12H14BrNO4. The van der Waals surface area contributed by atoms with Crippen molar-refractivity contribution in [3.63, 3.8) is 0 Å². The monoisotopic (exact) mass is 315 g/mol. The van der Waals surface area contributed by atoms with Gasteiger partial charge in [0, 0.05) is 30.0 Å². The summed E-state index contributed by atoms with van der Waals surface area (Å²) in [7, 11) is 0. The van der Waals surface area contributed by atoms with Crippen LogP contribution in [0.3, 0.4) is 0 Å². The molecule has 18 heavy (non-hydrogen) atoms. The second kappa shape index (κ2) is 5.67. The molecule has 1 aliphatic rings. The molecule has 0 N–H and O–H groups in total. The first-order valence-corrected chi connectivity index (χ1v) is 6.70. The maximum Gasteiger partial charge on any atom is 0.269 e. The number of alkyl halides is 1. The Kier molecular flexibility index (Phi) is 4.19. The Bertz CT molecular complexity index is 423. The number of hydrogen-bond acceptors (Lipinski definition) is 4. The second-order valence-electron chi connectivity index (χ2n) is 4.08. The summed E-state index contributed by atoms with van der Waals surface area (Å²) in [6.45, 7) is 2.59. The maximum absolute atomic E-state index is 10.5. The third-order valence-electron chi connectivity index (χ3n) is 2.87. The van der Waals surface area contributed by atoms with Gasteiger partial charge in [0.1, 0.15) is 18.0 Å². The van der Waals surface area contributed by atoms with Gasteiger partial charge < -0.3 is 9.47 Å². The molecule has 0 bridgehead atoms. The van der Waals surface area contributed by atoms with Crippen LogP contribution in [-0.2, 0) is 4.74 Å². The highest BCUT2D eigenvalue weighted by Crippen LogP contribution is 2.34. The zero-order chi connectivity index (χ0) is 13.1. The molecule has 0 heterocycles. The second-order valence-corrected chi connectivity index (χ2v) is 5.26. The summed E-state index contributed by atoms with van der Waals surface area (Å²) in [5.41, 5.74) is 0.0654. The quantitative estimate of drug-likeness (QED) is 0.476. The average molecular weight is 316 g/mol. The molecule has 0 saturated heterocycles. The van der Waals surface area contributed by atoms with Crippen molar-refractivity contribution in [2.45, 2.75) is 30.4 Å². The number of hydrogen-bond donors (Lipinski definition) is 0. The van der Waals surface area contributed by atoms with Crippen LogP contribution in [0.25, 0.3) is 0 Å². The van der Waals surface area contributed by atoms with E-state index >= 15 is 0 Å². The van der Waals surface area contributed by atoms with E-state index in [2.05, 4.69) is 15.9 Å². The Morgan fingerprint density at radius 3 is 2.61 bits per heavy atom. The summed E-state index contributed by atoms with van der Waals surface area (Å²) in [5.74, 6) is 0.634. The van der Waals surface area contributed by atoms with Crippen molar-refractivity contribution in [1.82, 2.24) is 0 Å². The highest BCUT2D eigenvalue weighted by molar-refractivity contribution is 9.09. The van der Waals surface area contributed by atoms with Gasteiger partial charge in [0.2, 0.25) is 0 Å². The van der Waals surface area contributed by atoms with Crippen LogP contribution in [0.4, 0.5) is 5.69 Å². The van der Waals surface area contributed by atoms with Gasteiger partial charge in [-0.1, -0.05) is 15.9 Å². The van der Waals surface area contributed by atoms with Crippen molar-refractivity contribution < 1.29 is 14.4 Å². The summed E-state index contributed by atoms with van der Waals surface area (Å²) in [6, 6.07) is 6.11. The first-order valence-electron chi connectivity index (χ1n) is 5.78. The van der Waals surface area contributed by atoms with E-state index in [1.807, 2.05) is 6.92 Å². The van der Waals surface area contributed by atoms with E-state index < -0.39 is 4.92 Å². The zero-order valence-corrected chi connectivity index (χ0v) is 11.5. The molecule has 1 saturated carbocycles. The van der Waals surface area contributed by atoms with Crippen LogP contribution in [0.5, 0.6) is 5.75 Å². The lowest BCUT2D eigenvalue weighted by atomic mass is 9.91. The fourth-order valence-electron chi connectivity index (χ4n) is 1.87. The zero-order valence-electron chi connectivity index (χ0n) is 9.91. The molecule has 1 aromatic rings. The van der Waals surface area contributed by atoms with E-state index in [4.69, 9.17) is 9.47 Å². The number of nitro groups is 1. The topological polar surface area (TPSA) is 61.6 Å². The molecule has 0 aromatic heterocycles. The highest BCUT2D eigenvalue weighted by atomic mass is 79.9. The van der Waals surface area contributed by atoms with E-state index in [0.717, 1.165) is 6.42 Å². The van der Waals surface area contributed by atoms with Gasteiger partial charge in [0.05, 0.1) is 4.92 Å². The van der Waals surface area contributed by atoms with E-state index in [9.17, 15) is 10.1 Å². The Labute approximate surface area is 113 Å². The van der Waals surface area contributed by atoms with Crippen LogP contribution < -0.4 is 4.74 Å². The number of nitro benzene ring substituents is 1. The maximum atomic E-state index is 10.5. The molecule has 3 unspecified atom stereocenters. The predicted octanol–water partition coefficient (Wildman–Crippen LogP) is 2.91. The molecule has 3 atom stereocenters. The third-order valence-corrected chi connectivity index (χ3v) is 3.77. The molecule has 0 amide bonds. The first-order chi connectivity index (χ1) is 8.61. The molecule has 5 nitrogen and oxygen atoms in total. The minimum atomic E-state index is -0.426. The summed E-state index contributed by atoms with van der Waals surface area (Å²) in [4.78, 5) is 10.4. The number of nitrogens with zero attached hydrogens (tertiary/aromatic N) is 1. The molecule has 1 fully saturated rings. The lowest BCUT2D eigenvalue weighted by Crippen LogP contribution is -2.52. The molecule has 1 aliphatic carbocycles. The minimum absolute atomic E-state index is 0.00998.